The van der Waals surface area contributed by atoms with Crippen LogP contribution >= 0.6 is 22.0 Å². The van der Waals surface area contributed by atoms with Crippen molar-refractivity contribution in [2.75, 3.05) is 5.75 Å². The van der Waals surface area contributed by atoms with Crippen molar-refractivity contribution in [2.45, 2.75) is 13.1 Å². The molecule has 13 heavy (non-hydrogen) atoms. The van der Waals surface area contributed by atoms with Gasteiger partial charge in [-0.25, -0.2) is 12.8 Å². The van der Waals surface area contributed by atoms with E-state index in [-0.39, 0.29) is 0 Å². The Morgan fingerprint density at radius 1 is 1.62 bits per heavy atom. The molecule has 1 aromatic rings. The van der Waals surface area contributed by atoms with Crippen LogP contribution in [0.2, 0.25) is 0 Å². The average molecular weight is 243 g/mol. The largest absolute Gasteiger partial charge is 0.240 e. The number of hydrogen-bond acceptors (Lipinski definition) is 3. The average Bonchev–Trinajstić information content (AvgIpc) is 2.31. The highest BCUT2D eigenvalue weighted by atomic mass is 35.7. The molecule has 0 aromatic carbocycles. The Morgan fingerprint density at radius 3 is 2.62 bits per heavy atom. The molecule has 0 fully saturated rings. The molecule has 1 rings (SSSR count). The summed E-state index contributed by atoms with van der Waals surface area (Å²) in [7, 11) is 1.16. The zero-order chi connectivity index (χ0) is 10.1. The fourth-order valence-corrected chi connectivity index (χ4v) is 2.70. The lowest BCUT2D eigenvalue weighted by molar-refractivity contribution is 0.381. The van der Waals surface area contributed by atoms with Crippen LogP contribution in [0.4, 0.5) is 4.39 Å². The molecular weight excluding hydrogens is 235 g/mol. The van der Waals surface area contributed by atoms with Crippen LogP contribution in [0.3, 0.4) is 0 Å². The molecule has 1 unspecified atom stereocenters. The predicted octanol–water partition coefficient (Wildman–Crippen LogP) is 2.64. The maximum atomic E-state index is 13.2. The van der Waals surface area contributed by atoms with Gasteiger partial charge in [0.15, 0.2) is 0 Å². The van der Waals surface area contributed by atoms with Crippen LogP contribution in [0.15, 0.2) is 12.1 Å². The highest BCUT2D eigenvalue weighted by molar-refractivity contribution is 8.13. The van der Waals surface area contributed by atoms with E-state index < -0.39 is 21.0 Å². The molecule has 0 aliphatic carbocycles. The Balaban J connectivity index is 2.75. The molecule has 0 saturated carbocycles. The second kappa shape index (κ2) is 3.94. The molecule has 0 bridgehead atoms. The number of hydrogen-bond donors (Lipinski definition) is 0. The number of thiophene rings is 1. The first-order chi connectivity index (χ1) is 5.88. The molecule has 1 heterocycles. The molecule has 0 N–H and O–H groups in total. The van der Waals surface area contributed by atoms with Crippen molar-refractivity contribution in [3.05, 3.63) is 21.9 Å². The van der Waals surface area contributed by atoms with Gasteiger partial charge >= 0.3 is 0 Å². The first-order valence-corrected chi connectivity index (χ1v) is 6.81. The number of halogens is 2. The summed E-state index contributed by atoms with van der Waals surface area (Å²) in [5, 5.41) is 0. The van der Waals surface area contributed by atoms with E-state index in [1.54, 1.807) is 12.1 Å². The van der Waals surface area contributed by atoms with E-state index >= 15 is 0 Å². The van der Waals surface area contributed by atoms with Crippen LogP contribution in [-0.4, -0.2) is 14.2 Å². The highest BCUT2D eigenvalue weighted by Crippen LogP contribution is 2.27. The van der Waals surface area contributed by atoms with Gasteiger partial charge in [0.05, 0.1) is 0 Å². The fraction of sp³-hybridized carbons (Fsp3) is 0.429. The number of alkyl halides is 1. The fourth-order valence-electron chi connectivity index (χ4n) is 0.879. The Kier molecular flexibility index (Phi) is 3.32. The molecule has 6 heteroatoms. The number of aryl methyl sites for hydroxylation is 1. The number of rotatable bonds is 3. The van der Waals surface area contributed by atoms with Gasteiger partial charge in [-0.1, -0.05) is 0 Å². The van der Waals surface area contributed by atoms with Gasteiger partial charge in [0.1, 0.15) is 11.9 Å². The van der Waals surface area contributed by atoms with Crippen molar-refractivity contribution in [2.24, 2.45) is 0 Å². The summed E-state index contributed by atoms with van der Waals surface area (Å²) in [6.07, 6.45) is -1.51. The molecule has 1 aromatic heterocycles. The quantitative estimate of drug-likeness (QED) is 0.764. The molecule has 1 atom stereocenters. The zero-order valence-corrected chi connectivity index (χ0v) is 9.22. The van der Waals surface area contributed by atoms with Gasteiger partial charge in [0.25, 0.3) is 0 Å². The van der Waals surface area contributed by atoms with Crippen molar-refractivity contribution in [1.29, 1.82) is 0 Å². The second-order valence-electron chi connectivity index (χ2n) is 2.62. The molecule has 74 valence electrons. The Morgan fingerprint density at radius 2 is 2.23 bits per heavy atom. The van der Waals surface area contributed by atoms with Crippen molar-refractivity contribution in [3.8, 4) is 0 Å². The van der Waals surface area contributed by atoms with E-state index in [2.05, 4.69) is 0 Å². The SMILES string of the molecule is Cc1ccc(C(F)CS(=O)(=O)Cl)s1. The molecule has 2 nitrogen and oxygen atoms in total. The van der Waals surface area contributed by atoms with Gasteiger partial charge < -0.3 is 0 Å². The minimum atomic E-state index is -3.76. The van der Waals surface area contributed by atoms with Crippen molar-refractivity contribution >= 4 is 31.1 Å². The maximum absolute atomic E-state index is 13.2. The van der Waals surface area contributed by atoms with Gasteiger partial charge in [-0.15, -0.1) is 11.3 Å². The molecule has 0 saturated heterocycles. The molecular formula is C7H8ClFO2S2. The molecule has 0 aliphatic rings. The molecule has 0 radical (unpaired) electrons. The van der Waals surface area contributed by atoms with Crippen LogP contribution in [0.1, 0.15) is 15.9 Å². The summed E-state index contributed by atoms with van der Waals surface area (Å²) in [6, 6.07) is 3.32. The zero-order valence-electron chi connectivity index (χ0n) is 6.83. The predicted molar refractivity (Wildman–Crippen MR) is 52.5 cm³/mol. The smallest absolute Gasteiger partial charge is 0.235 e. The van der Waals surface area contributed by atoms with Crippen LogP contribution < -0.4 is 0 Å². The van der Waals surface area contributed by atoms with Crippen molar-refractivity contribution < 1.29 is 12.8 Å². The summed E-state index contributed by atoms with van der Waals surface area (Å²) >= 11 is 1.24. The monoisotopic (exact) mass is 242 g/mol. The van der Waals surface area contributed by atoms with E-state index in [0.717, 1.165) is 4.88 Å². The van der Waals surface area contributed by atoms with E-state index in [9.17, 15) is 12.8 Å². The van der Waals surface area contributed by atoms with Gasteiger partial charge in [0, 0.05) is 20.4 Å². The molecule has 0 aliphatic heterocycles. The lowest BCUT2D eigenvalue weighted by atomic mass is 10.3. The third-order valence-electron chi connectivity index (χ3n) is 1.42. The Bertz CT molecular complexity index is 385. The standard InChI is InChI=1S/C7H8ClFO2S2/c1-5-2-3-7(12-5)6(9)4-13(8,10)11/h2-3,6H,4H2,1H3. The van der Waals surface area contributed by atoms with E-state index in [0.29, 0.717) is 4.88 Å². The van der Waals surface area contributed by atoms with Gasteiger partial charge in [-0.05, 0) is 19.1 Å². The van der Waals surface area contributed by atoms with Gasteiger partial charge in [-0.2, -0.15) is 0 Å². The second-order valence-corrected chi connectivity index (χ2v) is 6.76. The first kappa shape index (κ1) is 10.9. The lowest BCUT2D eigenvalue weighted by Crippen LogP contribution is -2.03. The van der Waals surface area contributed by atoms with E-state index in [1.807, 2.05) is 6.92 Å². The topological polar surface area (TPSA) is 34.1 Å². The summed E-state index contributed by atoms with van der Waals surface area (Å²) < 4.78 is 34.3. The maximum Gasteiger partial charge on any atom is 0.235 e. The third-order valence-corrected chi connectivity index (χ3v) is 3.57. The molecule has 0 spiro atoms. The lowest BCUT2D eigenvalue weighted by Gasteiger charge is -2.01. The van der Waals surface area contributed by atoms with Crippen LogP contribution in [0.25, 0.3) is 0 Å². The minimum absolute atomic E-state index is 0.404. The van der Waals surface area contributed by atoms with Gasteiger partial charge in [-0.3, -0.25) is 0 Å². The van der Waals surface area contributed by atoms with E-state index in [1.165, 1.54) is 11.3 Å². The summed E-state index contributed by atoms with van der Waals surface area (Å²) in [5.74, 6) is -0.658. The van der Waals surface area contributed by atoms with Crippen LogP contribution in [-0.2, 0) is 9.05 Å². The summed E-state index contributed by atoms with van der Waals surface area (Å²) in [4.78, 5) is 1.35. The van der Waals surface area contributed by atoms with Crippen molar-refractivity contribution in [3.63, 3.8) is 0 Å². The normalized spacial score (nSPS) is 14.4. The first-order valence-electron chi connectivity index (χ1n) is 3.51. The third kappa shape index (κ3) is 3.62. The van der Waals surface area contributed by atoms with Crippen LogP contribution in [0, 0.1) is 6.92 Å². The summed E-state index contributed by atoms with van der Waals surface area (Å²) in [6.45, 7) is 1.83. The van der Waals surface area contributed by atoms with Crippen molar-refractivity contribution in [1.82, 2.24) is 0 Å². The Labute approximate surface area is 84.8 Å². The summed E-state index contributed by atoms with van der Waals surface area (Å²) in [5.41, 5.74) is 0. The minimum Gasteiger partial charge on any atom is -0.240 e. The highest BCUT2D eigenvalue weighted by Gasteiger charge is 2.19. The Hall–Kier alpha value is -0.130. The van der Waals surface area contributed by atoms with Crippen LogP contribution in [0.5, 0.6) is 0 Å². The van der Waals surface area contributed by atoms with E-state index in [4.69, 9.17) is 10.7 Å². The van der Waals surface area contributed by atoms with Gasteiger partial charge in [0.2, 0.25) is 9.05 Å². The molecule has 0 amide bonds.